The van der Waals surface area contributed by atoms with Gasteiger partial charge in [0.15, 0.2) is 0 Å². The van der Waals surface area contributed by atoms with Crippen LogP contribution in [0.3, 0.4) is 0 Å². The zero-order chi connectivity index (χ0) is 13.8. The molecule has 0 aliphatic carbocycles. The number of fused-ring (bicyclic) bond motifs is 3. The number of H-pyrrole nitrogens is 1. The van der Waals surface area contributed by atoms with E-state index in [1.165, 1.54) is 10.8 Å². The second-order valence-corrected chi connectivity index (χ2v) is 4.62. The molecule has 3 rings (SSSR count). The molecule has 0 unspecified atom stereocenters. The summed E-state index contributed by atoms with van der Waals surface area (Å²) in [6.07, 6.45) is 4.86. The Kier molecular flexibility index (Phi) is 3.40. The van der Waals surface area contributed by atoms with Crippen LogP contribution in [0, 0.1) is 0 Å². The predicted molar refractivity (Wildman–Crippen MR) is 83.5 cm³/mol. The van der Waals surface area contributed by atoms with Crippen LogP contribution >= 0.6 is 0 Å². The predicted octanol–water partition coefficient (Wildman–Crippen LogP) is 5.03. The van der Waals surface area contributed by atoms with Gasteiger partial charge in [0.25, 0.3) is 0 Å². The van der Waals surface area contributed by atoms with E-state index in [-0.39, 0.29) is 0 Å². The molecule has 0 spiro atoms. The third-order valence-corrected chi connectivity index (χ3v) is 3.30. The zero-order valence-corrected chi connectivity index (χ0v) is 11.0. The van der Waals surface area contributed by atoms with Gasteiger partial charge in [0.05, 0.1) is 0 Å². The molecule has 1 aromatic heterocycles. The van der Waals surface area contributed by atoms with Crippen molar-refractivity contribution in [1.82, 2.24) is 4.98 Å². The lowest BCUT2D eigenvalue weighted by Crippen LogP contribution is -1.75. The second kappa shape index (κ2) is 5.51. The molecule has 0 aliphatic rings. The molecular formula is C16H14N4. The van der Waals surface area contributed by atoms with Crippen LogP contribution in [0.1, 0.15) is 12.0 Å². The van der Waals surface area contributed by atoms with E-state index < -0.39 is 0 Å². The van der Waals surface area contributed by atoms with Gasteiger partial charge in [-0.15, -0.1) is 0 Å². The minimum absolute atomic E-state index is 0.502. The molecule has 3 aromatic rings. The van der Waals surface area contributed by atoms with Crippen molar-refractivity contribution < 1.29 is 0 Å². The van der Waals surface area contributed by atoms with Gasteiger partial charge in [-0.3, -0.25) is 0 Å². The molecule has 0 bridgehead atoms. The molecule has 0 atom stereocenters. The lowest BCUT2D eigenvalue weighted by atomic mass is 10.1. The largest absolute Gasteiger partial charge is 0.355 e. The number of rotatable bonds is 4. The number of hydrogen-bond acceptors (Lipinski definition) is 1. The van der Waals surface area contributed by atoms with Crippen molar-refractivity contribution in [3.63, 3.8) is 0 Å². The van der Waals surface area contributed by atoms with Crippen LogP contribution in [0.25, 0.3) is 38.3 Å². The van der Waals surface area contributed by atoms with E-state index in [1.54, 1.807) is 0 Å². The number of nitrogens with one attached hydrogen (secondary N) is 1. The average molecular weight is 262 g/mol. The fraction of sp³-hybridized carbons (Fsp3) is 0.125. The maximum Gasteiger partial charge on any atom is 0.0465 e. The monoisotopic (exact) mass is 262 g/mol. The molecular weight excluding hydrogens is 248 g/mol. The summed E-state index contributed by atoms with van der Waals surface area (Å²) in [4.78, 5) is 6.15. The molecule has 4 heteroatoms. The quantitative estimate of drug-likeness (QED) is 0.296. The highest BCUT2D eigenvalue weighted by Gasteiger charge is 2.02. The minimum Gasteiger partial charge on any atom is -0.355 e. The maximum atomic E-state index is 8.21. The van der Waals surface area contributed by atoms with Gasteiger partial charge in [0, 0.05) is 33.3 Å². The molecule has 0 saturated carbocycles. The molecule has 1 heterocycles. The molecule has 0 aliphatic heterocycles. The molecule has 0 fully saturated rings. The van der Waals surface area contributed by atoms with E-state index in [1.807, 2.05) is 12.1 Å². The average Bonchev–Trinajstić information content (AvgIpc) is 2.85. The van der Waals surface area contributed by atoms with E-state index in [0.29, 0.717) is 6.54 Å². The number of hydrogen-bond donors (Lipinski definition) is 1. The van der Waals surface area contributed by atoms with Gasteiger partial charge < -0.3 is 4.98 Å². The molecule has 0 amide bonds. The number of azide groups is 1. The van der Waals surface area contributed by atoms with E-state index in [9.17, 15) is 0 Å². The van der Waals surface area contributed by atoms with Crippen LogP contribution in [0.15, 0.2) is 53.7 Å². The molecule has 4 nitrogen and oxygen atoms in total. The van der Waals surface area contributed by atoms with Gasteiger partial charge >= 0.3 is 0 Å². The maximum absolute atomic E-state index is 8.21. The van der Waals surface area contributed by atoms with E-state index in [2.05, 4.69) is 57.5 Å². The number of benzene rings is 2. The highest BCUT2D eigenvalue weighted by atomic mass is 15.1. The molecule has 20 heavy (non-hydrogen) atoms. The van der Waals surface area contributed by atoms with E-state index in [0.717, 1.165) is 23.0 Å². The number of para-hydroxylation sites is 1. The van der Waals surface area contributed by atoms with Gasteiger partial charge in [0.2, 0.25) is 0 Å². The van der Waals surface area contributed by atoms with Crippen LogP contribution in [-0.4, -0.2) is 11.5 Å². The van der Waals surface area contributed by atoms with E-state index >= 15 is 0 Å². The first-order valence-electron chi connectivity index (χ1n) is 6.56. The Hall–Kier alpha value is -2.71. The minimum atomic E-state index is 0.502. The second-order valence-electron chi connectivity index (χ2n) is 4.62. The summed E-state index contributed by atoms with van der Waals surface area (Å²) in [5, 5.41) is 5.99. The Labute approximate surface area is 116 Å². The van der Waals surface area contributed by atoms with E-state index in [4.69, 9.17) is 5.53 Å². The van der Waals surface area contributed by atoms with Crippen LogP contribution in [-0.2, 0) is 0 Å². The van der Waals surface area contributed by atoms with Crippen LogP contribution < -0.4 is 0 Å². The van der Waals surface area contributed by atoms with Gasteiger partial charge in [-0.05, 0) is 35.7 Å². The standard InChI is InChI=1S/C16H14N4/c17-20-18-10-4-3-5-12-8-9-16-14(11-12)13-6-1-2-7-15(13)19-16/h1-3,5-9,11,19H,4,10H2. The lowest BCUT2D eigenvalue weighted by Gasteiger charge is -1.95. The topological polar surface area (TPSA) is 64.6 Å². The Balaban J connectivity index is 1.93. The van der Waals surface area contributed by atoms with Gasteiger partial charge in [0.1, 0.15) is 0 Å². The third kappa shape index (κ3) is 2.37. The van der Waals surface area contributed by atoms with Crippen LogP contribution in [0.2, 0.25) is 0 Å². The Morgan fingerprint density at radius 3 is 2.85 bits per heavy atom. The van der Waals surface area contributed by atoms with Crippen LogP contribution in [0.4, 0.5) is 0 Å². The third-order valence-electron chi connectivity index (χ3n) is 3.30. The van der Waals surface area contributed by atoms with Crippen molar-refractivity contribution in [2.45, 2.75) is 6.42 Å². The summed E-state index contributed by atoms with van der Waals surface area (Å²) in [5.74, 6) is 0. The summed E-state index contributed by atoms with van der Waals surface area (Å²) in [6, 6.07) is 14.7. The Bertz CT molecular complexity index is 823. The van der Waals surface area contributed by atoms with Crippen LogP contribution in [0.5, 0.6) is 0 Å². The number of nitrogens with zero attached hydrogens (tertiary/aromatic N) is 3. The fourth-order valence-electron chi connectivity index (χ4n) is 2.37. The summed E-state index contributed by atoms with van der Waals surface area (Å²) in [6.45, 7) is 0.502. The zero-order valence-electron chi connectivity index (χ0n) is 11.0. The lowest BCUT2D eigenvalue weighted by molar-refractivity contribution is 0.996. The molecule has 0 saturated heterocycles. The van der Waals surface area contributed by atoms with Gasteiger partial charge in [-0.2, -0.15) is 0 Å². The first kappa shape index (κ1) is 12.3. The van der Waals surface area contributed by atoms with Crippen molar-refractivity contribution in [2.75, 3.05) is 6.54 Å². The Morgan fingerprint density at radius 1 is 1.10 bits per heavy atom. The molecule has 0 radical (unpaired) electrons. The molecule has 98 valence electrons. The van der Waals surface area contributed by atoms with Crippen molar-refractivity contribution in [2.24, 2.45) is 5.11 Å². The fourth-order valence-corrected chi connectivity index (χ4v) is 2.37. The highest BCUT2D eigenvalue weighted by Crippen LogP contribution is 2.26. The summed E-state index contributed by atoms with van der Waals surface area (Å²) >= 11 is 0. The van der Waals surface area contributed by atoms with Crippen molar-refractivity contribution in [1.29, 1.82) is 0 Å². The smallest absolute Gasteiger partial charge is 0.0465 e. The first-order chi connectivity index (χ1) is 9.88. The van der Waals surface area contributed by atoms with Crippen molar-refractivity contribution >= 4 is 27.9 Å². The summed E-state index contributed by atoms with van der Waals surface area (Å²) < 4.78 is 0. The summed E-state index contributed by atoms with van der Waals surface area (Å²) in [7, 11) is 0. The summed E-state index contributed by atoms with van der Waals surface area (Å²) in [5.41, 5.74) is 11.7. The van der Waals surface area contributed by atoms with Gasteiger partial charge in [-0.25, -0.2) is 0 Å². The normalized spacial score (nSPS) is 11.2. The van der Waals surface area contributed by atoms with Gasteiger partial charge in [-0.1, -0.05) is 41.5 Å². The molecule has 1 N–H and O–H groups in total. The van der Waals surface area contributed by atoms with Crippen molar-refractivity contribution in [3.8, 4) is 0 Å². The first-order valence-corrected chi connectivity index (χ1v) is 6.56. The highest BCUT2D eigenvalue weighted by molar-refractivity contribution is 6.07. The SMILES string of the molecule is [N-]=[N+]=NCCC=Cc1ccc2[nH]c3ccccc3c2c1. The number of aromatic amines is 1. The van der Waals surface area contributed by atoms with Crippen molar-refractivity contribution in [3.05, 3.63) is 64.5 Å². The Morgan fingerprint density at radius 2 is 1.95 bits per heavy atom. The molecule has 2 aromatic carbocycles. The number of aromatic nitrogens is 1.